The highest BCUT2D eigenvalue weighted by Gasteiger charge is 2.19. The number of nitrogens with zero attached hydrogens (tertiary/aromatic N) is 5. The molecule has 0 saturated carbocycles. The van der Waals surface area contributed by atoms with Gasteiger partial charge in [-0.2, -0.15) is 4.98 Å². The minimum atomic E-state index is -0.374. The maximum absolute atomic E-state index is 12.8. The van der Waals surface area contributed by atoms with Gasteiger partial charge in [0, 0.05) is 25.5 Å². The van der Waals surface area contributed by atoms with Crippen molar-refractivity contribution in [2.75, 3.05) is 0 Å². The third-order valence-corrected chi connectivity index (χ3v) is 3.88. The summed E-state index contributed by atoms with van der Waals surface area (Å²) in [5.74, 6) is 0.676. The van der Waals surface area contributed by atoms with Gasteiger partial charge in [-0.05, 0) is 20.8 Å². The van der Waals surface area contributed by atoms with E-state index in [0.717, 1.165) is 17.8 Å². The van der Waals surface area contributed by atoms with E-state index in [-0.39, 0.29) is 17.8 Å². The van der Waals surface area contributed by atoms with Crippen molar-refractivity contribution in [3.05, 3.63) is 44.9 Å². The van der Waals surface area contributed by atoms with Gasteiger partial charge in [0.05, 0.1) is 6.54 Å². The molecular formula is C15H19N5O2. The number of fused-ring (bicyclic) bond motifs is 3. The second-order valence-corrected chi connectivity index (χ2v) is 5.66. The Morgan fingerprint density at radius 1 is 1.32 bits per heavy atom. The Labute approximate surface area is 126 Å². The summed E-state index contributed by atoms with van der Waals surface area (Å²) in [5, 5.41) is 0. The maximum atomic E-state index is 12.8. The maximum Gasteiger partial charge on any atom is 0.332 e. The summed E-state index contributed by atoms with van der Waals surface area (Å²) < 4.78 is 6.40. The molecule has 3 rings (SSSR count). The van der Waals surface area contributed by atoms with Crippen LogP contribution in [0.3, 0.4) is 0 Å². The van der Waals surface area contributed by atoms with Crippen LogP contribution in [0.1, 0.15) is 19.5 Å². The number of imidazole rings is 2. The van der Waals surface area contributed by atoms with E-state index in [1.54, 1.807) is 18.4 Å². The molecule has 0 N–H and O–H groups in total. The fourth-order valence-electron chi connectivity index (χ4n) is 2.86. The van der Waals surface area contributed by atoms with Crippen LogP contribution in [0.2, 0.25) is 0 Å². The number of hydrogen-bond donors (Lipinski definition) is 0. The first kappa shape index (κ1) is 14.4. The molecule has 0 fully saturated rings. The fraction of sp³-hybridized carbons (Fsp3) is 0.400. The minimum absolute atomic E-state index is 0.210. The lowest BCUT2D eigenvalue weighted by atomic mass is 10.3. The zero-order valence-corrected chi connectivity index (χ0v) is 13.3. The van der Waals surface area contributed by atoms with Crippen molar-refractivity contribution in [3.63, 3.8) is 0 Å². The van der Waals surface area contributed by atoms with E-state index in [1.807, 2.05) is 24.6 Å². The van der Waals surface area contributed by atoms with Crippen molar-refractivity contribution in [1.29, 1.82) is 0 Å². The first-order valence-electron chi connectivity index (χ1n) is 7.19. The first-order chi connectivity index (χ1) is 10.4. The Hall–Kier alpha value is -2.57. The Balaban J connectivity index is 2.53. The Bertz CT molecular complexity index is 1030. The number of allylic oxidation sites excluding steroid dienone is 1. The van der Waals surface area contributed by atoms with Crippen molar-refractivity contribution >= 4 is 16.9 Å². The monoisotopic (exact) mass is 301 g/mol. The quantitative estimate of drug-likeness (QED) is 0.679. The second kappa shape index (κ2) is 4.72. The second-order valence-electron chi connectivity index (χ2n) is 5.66. The molecule has 0 atom stereocenters. The summed E-state index contributed by atoms with van der Waals surface area (Å²) in [6.45, 7) is 10.5. The molecular weight excluding hydrogens is 282 g/mol. The summed E-state index contributed by atoms with van der Waals surface area (Å²) in [4.78, 5) is 29.6. The van der Waals surface area contributed by atoms with Crippen LogP contribution in [0.25, 0.3) is 16.9 Å². The Morgan fingerprint density at radius 2 is 2.00 bits per heavy atom. The third-order valence-electron chi connectivity index (χ3n) is 3.88. The molecule has 0 aliphatic rings. The summed E-state index contributed by atoms with van der Waals surface area (Å²) in [5.41, 5.74) is 1.90. The van der Waals surface area contributed by atoms with Gasteiger partial charge in [-0.25, -0.2) is 4.79 Å². The molecule has 3 aromatic heterocycles. The molecule has 0 radical (unpaired) electrons. The average molecular weight is 301 g/mol. The van der Waals surface area contributed by atoms with Gasteiger partial charge in [0.25, 0.3) is 5.56 Å². The van der Waals surface area contributed by atoms with E-state index in [2.05, 4.69) is 11.6 Å². The van der Waals surface area contributed by atoms with Crippen LogP contribution in [0.15, 0.2) is 27.9 Å². The molecule has 3 aromatic rings. The summed E-state index contributed by atoms with van der Waals surface area (Å²) in [6.07, 6.45) is 1.88. The molecule has 0 saturated heterocycles. The highest BCUT2D eigenvalue weighted by atomic mass is 16.2. The van der Waals surface area contributed by atoms with E-state index < -0.39 is 0 Å². The number of aromatic nitrogens is 5. The Morgan fingerprint density at radius 3 is 2.59 bits per heavy atom. The lowest BCUT2D eigenvalue weighted by Crippen LogP contribution is -2.39. The van der Waals surface area contributed by atoms with Crippen LogP contribution in [0.4, 0.5) is 0 Å². The van der Waals surface area contributed by atoms with Gasteiger partial charge in [-0.1, -0.05) is 12.2 Å². The van der Waals surface area contributed by atoms with Crippen molar-refractivity contribution in [3.8, 4) is 0 Å². The van der Waals surface area contributed by atoms with E-state index >= 15 is 0 Å². The van der Waals surface area contributed by atoms with Gasteiger partial charge < -0.3 is 4.57 Å². The molecule has 0 amide bonds. The van der Waals surface area contributed by atoms with Crippen LogP contribution in [0.5, 0.6) is 0 Å². The standard InChI is InChI=1S/C15H19N5O2/c1-6-18-10(4)8-19-11-12(16-14(18)19)17(5)15(22)20(13(11)21)7-9(2)3/h8H,2,6-7H2,1,3-5H3. The summed E-state index contributed by atoms with van der Waals surface area (Å²) in [6, 6.07) is 0. The summed E-state index contributed by atoms with van der Waals surface area (Å²) in [7, 11) is 1.63. The molecule has 0 spiro atoms. The van der Waals surface area contributed by atoms with Crippen molar-refractivity contribution in [1.82, 2.24) is 23.1 Å². The van der Waals surface area contributed by atoms with E-state index in [1.165, 1.54) is 9.13 Å². The Kier molecular flexibility index (Phi) is 3.09. The van der Waals surface area contributed by atoms with Crippen LogP contribution in [-0.4, -0.2) is 23.1 Å². The highest BCUT2D eigenvalue weighted by Crippen LogP contribution is 2.15. The van der Waals surface area contributed by atoms with Crippen LogP contribution in [-0.2, 0) is 20.1 Å². The molecule has 116 valence electrons. The lowest BCUT2D eigenvalue weighted by molar-refractivity contribution is 0.651. The first-order valence-corrected chi connectivity index (χ1v) is 7.19. The van der Waals surface area contributed by atoms with Gasteiger partial charge >= 0.3 is 5.69 Å². The molecule has 0 bridgehead atoms. The van der Waals surface area contributed by atoms with E-state index in [4.69, 9.17) is 0 Å². The molecule has 0 aliphatic heterocycles. The average Bonchev–Trinajstić information content (AvgIpc) is 2.95. The molecule has 7 heteroatoms. The minimum Gasteiger partial charge on any atom is -0.314 e. The van der Waals surface area contributed by atoms with Gasteiger partial charge in [0.1, 0.15) is 0 Å². The van der Waals surface area contributed by atoms with Gasteiger partial charge in [-0.15, -0.1) is 0 Å². The molecule has 3 heterocycles. The SMILES string of the molecule is C=C(C)Cn1c(=O)c2c(nc3n(CC)c(C)cn23)n(C)c1=O. The van der Waals surface area contributed by atoms with Crippen molar-refractivity contribution in [2.24, 2.45) is 7.05 Å². The predicted octanol–water partition coefficient (Wildman–Crippen LogP) is 1.05. The number of hydrogen-bond acceptors (Lipinski definition) is 3. The van der Waals surface area contributed by atoms with E-state index in [9.17, 15) is 9.59 Å². The van der Waals surface area contributed by atoms with Crippen LogP contribution < -0.4 is 11.2 Å². The van der Waals surface area contributed by atoms with Crippen LogP contribution in [0, 0.1) is 6.92 Å². The zero-order valence-electron chi connectivity index (χ0n) is 13.3. The lowest BCUT2D eigenvalue weighted by Gasteiger charge is -2.07. The predicted molar refractivity (Wildman–Crippen MR) is 85.4 cm³/mol. The zero-order chi connectivity index (χ0) is 16.2. The van der Waals surface area contributed by atoms with Gasteiger partial charge in [-0.3, -0.25) is 18.3 Å². The van der Waals surface area contributed by atoms with E-state index in [0.29, 0.717) is 16.9 Å². The van der Waals surface area contributed by atoms with Gasteiger partial charge in [0.2, 0.25) is 5.78 Å². The van der Waals surface area contributed by atoms with Crippen molar-refractivity contribution < 1.29 is 0 Å². The third kappa shape index (κ3) is 1.78. The fourth-order valence-corrected chi connectivity index (χ4v) is 2.86. The molecule has 7 nitrogen and oxygen atoms in total. The topological polar surface area (TPSA) is 66.2 Å². The molecule has 0 aromatic carbocycles. The van der Waals surface area contributed by atoms with Gasteiger partial charge in [0.15, 0.2) is 11.2 Å². The number of aryl methyl sites for hydroxylation is 3. The number of rotatable bonds is 3. The highest BCUT2D eigenvalue weighted by molar-refractivity contribution is 5.75. The molecule has 22 heavy (non-hydrogen) atoms. The molecule has 0 unspecified atom stereocenters. The smallest absolute Gasteiger partial charge is 0.314 e. The van der Waals surface area contributed by atoms with Crippen LogP contribution >= 0.6 is 0 Å². The molecule has 0 aliphatic carbocycles. The summed E-state index contributed by atoms with van der Waals surface area (Å²) >= 11 is 0. The van der Waals surface area contributed by atoms with Crippen molar-refractivity contribution in [2.45, 2.75) is 33.9 Å². The largest absolute Gasteiger partial charge is 0.332 e. The normalized spacial score (nSPS) is 11.6.